The third-order valence-electron chi connectivity index (χ3n) is 12.8. The summed E-state index contributed by atoms with van der Waals surface area (Å²) in [5.41, 5.74) is 15.3. The van der Waals surface area contributed by atoms with Crippen LogP contribution in [0.5, 0.6) is 11.5 Å². The molecule has 0 spiro atoms. The number of thiazole rings is 2. The quantitative estimate of drug-likeness (QED) is 0.0672. The molecule has 1 saturated heterocycles. The zero-order chi connectivity index (χ0) is 49.9. The highest BCUT2D eigenvalue weighted by Gasteiger charge is 2.28. The number of hydrogen-bond acceptors (Lipinski definition) is 15. The van der Waals surface area contributed by atoms with Gasteiger partial charge in [0, 0.05) is 56.3 Å². The summed E-state index contributed by atoms with van der Waals surface area (Å²) in [5, 5.41) is 20.5. The molecule has 0 atom stereocenters. The Balaban J connectivity index is 1.01. The summed E-state index contributed by atoms with van der Waals surface area (Å²) >= 11 is 2.55. The molecular weight excluding hydrogens is 947 g/mol. The summed E-state index contributed by atoms with van der Waals surface area (Å²) in [6.45, 7) is 14.0. The first-order valence-corrected chi connectivity index (χ1v) is 25.4. The molecule has 0 bridgehead atoms. The van der Waals surface area contributed by atoms with Gasteiger partial charge in [-0.2, -0.15) is 10.1 Å². The second-order valence-corrected chi connectivity index (χ2v) is 19.7. The number of amides is 4. The van der Waals surface area contributed by atoms with E-state index in [4.69, 9.17) is 25.9 Å². The molecule has 4 amide bonds. The number of nitrogens with two attached hydrogens (primary N) is 2. The first-order valence-electron chi connectivity index (χ1n) is 23.7. The van der Waals surface area contributed by atoms with Crippen LogP contribution in [0.4, 0.5) is 5.95 Å². The van der Waals surface area contributed by atoms with Gasteiger partial charge < -0.3 is 44.9 Å². The SMILES string of the molecule is CCc1nc(C)sc1C(=O)N=c1sc2cc(C(N)=O)cc(OCCCN3CCC(c4nnc5n4CCNC5)CC3)c2n1C/C=C/Cn1c(NC(=O)c2cc(C)nn2CC)nc2cc(C(N)=O)cc(OC)c21. The topological polar surface area (TPSA) is 263 Å². The largest absolute Gasteiger partial charge is 0.494 e. The number of carbonyl (C=O) groups excluding carboxylic acids is 4. The van der Waals surface area contributed by atoms with Gasteiger partial charge in [0.05, 0.1) is 46.9 Å². The number of aryl methyl sites for hydroxylation is 4. The molecule has 0 aliphatic carbocycles. The number of primary amides is 2. The standard InChI is InChI=1S/C48H57N15O6S2/c1-6-32-41(70-28(4)52-32)46(67)55-48-62(16-9-8-15-61-39-33(22-30(42(49)64)23-35(39)68-5)53-47(61)54-45(66)34-21-27(3)58-63(34)7-2)40-36(24-31(43(50)65)25-37(40)71-48)69-20-10-14-59-17-11-29(12-18-59)44-57-56-38-26-51-13-19-60(38)44/h8-9,21-25,29,51H,6-7,10-20,26H2,1-5H3,(H2,49,64)(H2,50,65)(H,53,54,66)/b9-8+,55-48?. The Hall–Kier alpha value is -7.08. The third-order valence-corrected chi connectivity index (χ3v) is 14.8. The minimum Gasteiger partial charge on any atom is -0.494 e. The molecule has 0 unspecified atom stereocenters. The van der Waals surface area contributed by atoms with Crippen molar-refractivity contribution in [3.8, 4) is 11.5 Å². The van der Waals surface area contributed by atoms with Gasteiger partial charge in [-0.25, -0.2) is 9.97 Å². The molecule has 5 aromatic heterocycles. The number of anilines is 1. The van der Waals surface area contributed by atoms with E-state index in [9.17, 15) is 19.2 Å². The van der Waals surface area contributed by atoms with E-state index in [1.54, 1.807) is 33.5 Å². The predicted molar refractivity (Wildman–Crippen MR) is 269 cm³/mol. The highest BCUT2D eigenvalue weighted by Crippen LogP contribution is 2.33. The average molecular weight is 1000 g/mol. The molecule has 71 heavy (non-hydrogen) atoms. The number of hydrogen-bond donors (Lipinski definition) is 4. The van der Waals surface area contributed by atoms with E-state index in [-0.39, 0.29) is 30.2 Å². The molecule has 23 heteroatoms. The average Bonchev–Trinajstić information content (AvgIpc) is 4.20. The van der Waals surface area contributed by atoms with Crippen molar-refractivity contribution >= 4 is 73.5 Å². The van der Waals surface area contributed by atoms with Crippen molar-refractivity contribution in [2.75, 3.05) is 45.2 Å². The van der Waals surface area contributed by atoms with E-state index in [0.717, 1.165) is 75.2 Å². The van der Waals surface area contributed by atoms with E-state index in [1.165, 1.54) is 35.8 Å². The van der Waals surface area contributed by atoms with E-state index < -0.39 is 23.6 Å². The number of likely N-dealkylation sites (tertiary alicyclic amines) is 1. The maximum atomic E-state index is 14.0. The molecule has 2 aromatic carbocycles. The number of nitrogens with one attached hydrogen (secondary N) is 2. The van der Waals surface area contributed by atoms with E-state index >= 15 is 0 Å². The second kappa shape index (κ2) is 21.1. The van der Waals surface area contributed by atoms with E-state index in [0.29, 0.717) is 85.0 Å². The van der Waals surface area contributed by atoms with Gasteiger partial charge in [-0.15, -0.1) is 21.5 Å². The summed E-state index contributed by atoms with van der Waals surface area (Å²) < 4.78 is 20.5. The lowest BCUT2D eigenvalue weighted by Crippen LogP contribution is -2.36. The number of piperidine rings is 1. The number of nitrogens with zero attached hydrogens (tertiary/aromatic N) is 11. The van der Waals surface area contributed by atoms with Crippen molar-refractivity contribution in [1.29, 1.82) is 0 Å². The molecule has 21 nitrogen and oxygen atoms in total. The number of fused-ring (bicyclic) bond motifs is 3. The number of aromatic nitrogens is 9. The van der Waals surface area contributed by atoms with Crippen molar-refractivity contribution in [2.24, 2.45) is 16.5 Å². The lowest BCUT2D eigenvalue weighted by molar-refractivity contribution is 0.0991. The van der Waals surface area contributed by atoms with Crippen LogP contribution in [-0.2, 0) is 39.1 Å². The highest BCUT2D eigenvalue weighted by atomic mass is 32.1. The Morgan fingerprint density at radius 3 is 2.39 bits per heavy atom. The third kappa shape index (κ3) is 10.3. The van der Waals surface area contributed by atoms with Gasteiger partial charge in [-0.3, -0.25) is 29.2 Å². The van der Waals surface area contributed by atoms with Gasteiger partial charge in [0.25, 0.3) is 11.8 Å². The minimum atomic E-state index is -0.661. The lowest BCUT2D eigenvalue weighted by atomic mass is 9.95. The molecule has 7 heterocycles. The highest BCUT2D eigenvalue weighted by molar-refractivity contribution is 7.16. The summed E-state index contributed by atoms with van der Waals surface area (Å²) in [7, 11) is 1.48. The second-order valence-electron chi connectivity index (χ2n) is 17.4. The molecule has 1 fully saturated rings. The Labute approximate surface area is 416 Å². The smallest absolute Gasteiger partial charge is 0.291 e. The zero-order valence-corrected chi connectivity index (χ0v) is 42.0. The van der Waals surface area contributed by atoms with Crippen molar-refractivity contribution in [2.45, 2.75) is 92.0 Å². The van der Waals surface area contributed by atoms with Gasteiger partial charge in [-0.05, 0) is 89.9 Å². The fraction of sp³-hybridized carbons (Fsp3) is 0.417. The molecule has 7 aromatic rings. The van der Waals surface area contributed by atoms with Crippen LogP contribution in [0, 0.1) is 13.8 Å². The van der Waals surface area contributed by atoms with Crippen LogP contribution >= 0.6 is 22.7 Å². The molecule has 9 rings (SSSR count). The van der Waals surface area contributed by atoms with Crippen LogP contribution in [0.1, 0.15) is 108 Å². The molecule has 2 aliphatic rings. The summed E-state index contributed by atoms with van der Waals surface area (Å²) in [5.74, 6) is 1.31. The number of imidazole rings is 1. The Bertz CT molecular complexity index is 3270. The fourth-order valence-corrected chi connectivity index (χ4v) is 11.3. The first kappa shape index (κ1) is 48.9. The van der Waals surface area contributed by atoms with Crippen LogP contribution in [0.3, 0.4) is 0 Å². The minimum absolute atomic E-state index is 0.184. The van der Waals surface area contributed by atoms with Crippen molar-refractivity contribution in [1.82, 2.24) is 53.9 Å². The van der Waals surface area contributed by atoms with Gasteiger partial charge in [0.2, 0.25) is 17.8 Å². The van der Waals surface area contributed by atoms with Gasteiger partial charge >= 0.3 is 0 Å². The Morgan fingerprint density at radius 1 is 0.915 bits per heavy atom. The van der Waals surface area contributed by atoms with Crippen molar-refractivity contribution in [3.05, 3.63) is 97.0 Å². The molecule has 6 N–H and O–H groups in total. The Kier molecular flexibility index (Phi) is 14.5. The normalized spacial score (nSPS) is 14.7. The number of allylic oxidation sites excluding steroid dienone is 2. The monoisotopic (exact) mass is 1000 g/mol. The summed E-state index contributed by atoms with van der Waals surface area (Å²) in [6.07, 6.45) is 7.10. The van der Waals surface area contributed by atoms with Crippen LogP contribution in [0.25, 0.3) is 21.3 Å². The number of carbonyl (C=O) groups is 4. The Morgan fingerprint density at radius 2 is 1.66 bits per heavy atom. The number of ether oxygens (including phenoxy) is 2. The van der Waals surface area contributed by atoms with Crippen LogP contribution in [0.15, 0.2) is 47.5 Å². The van der Waals surface area contributed by atoms with E-state index in [1.807, 2.05) is 44.4 Å². The van der Waals surface area contributed by atoms with Crippen LogP contribution in [0.2, 0.25) is 0 Å². The number of rotatable bonds is 18. The van der Waals surface area contributed by atoms with E-state index in [2.05, 4.69) is 45.4 Å². The first-order chi connectivity index (χ1) is 34.3. The maximum Gasteiger partial charge on any atom is 0.291 e. The predicted octanol–water partition coefficient (Wildman–Crippen LogP) is 4.70. The van der Waals surface area contributed by atoms with Gasteiger partial charge in [0.15, 0.2) is 4.80 Å². The fourth-order valence-electron chi connectivity index (χ4n) is 9.29. The van der Waals surface area contributed by atoms with Gasteiger partial charge in [0.1, 0.15) is 44.8 Å². The summed E-state index contributed by atoms with van der Waals surface area (Å²) in [6, 6.07) is 8.14. The summed E-state index contributed by atoms with van der Waals surface area (Å²) in [4.78, 5) is 70.1. The molecule has 0 saturated carbocycles. The van der Waals surface area contributed by atoms with Crippen molar-refractivity contribution in [3.63, 3.8) is 0 Å². The lowest BCUT2D eigenvalue weighted by Gasteiger charge is -2.32. The number of methoxy groups -OCH3 is 1. The van der Waals surface area contributed by atoms with Crippen molar-refractivity contribution < 1.29 is 28.7 Å². The number of benzene rings is 2. The van der Waals surface area contributed by atoms with Crippen LogP contribution < -0.4 is 36.4 Å². The molecule has 372 valence electrons. The molecular formula is C48H57N15O6S2. The molecule has 2 aliphatic heterocycles. The zero-order valence-electron chi connectivity index (χ0n) is 40.4. The van der Waals surface area contributed by atoms with Gasteiger partial charge in [-0.1, -0.05) is 30.4 Å². The molecule has 0 radical (unpaired) electrons. The maximum absolute atomic E-state index is 14.0. The van der Waals surface area contributed by atoms with Crippen LogP contribution in [-0.4, -0.2) is 112 Å².